The predicted molar refractivity (Wildman–Crippen MR) is 85.4 cm³/mol. The summed E-state index contributed by atoms with van der Waals surface area (Å²) in [5.74, 6) is 1.99. The molecule has 3 heteroatoms. The number of carbonyl (C=O) groups excluding carboxylic acids is 1. The lowest BCUT2D eigenvalue weighted by Crippen LogP contribution is -2.46. The zero-order chi connectivity index (χ0) is 15.4. The first kappa shape index (κ1) is 17.5. The molecule has 4 unspecified atom stereocenters. The van der Waals surface area contributed by atoms with E-state index >= 15 is 0 Å². The first-order valence-electron chi connectivity index (χ1n) is 8.36. The van der Waals surface area contributed by atoms with Crippen LogP contribution in [0.25, 0.3) is 0 Å². The highest BCUT2D eigenvalue weighted by Gasteiger charge is 2.42. The molecule has 0 aromatic rings. The molecule has 118 valence electrons. The Labute approximate surface area is 125 Å². The van der Waals surface area contributed by atoms with Crippen LogP contribution in [0.3, 0.4) is 0 Å². The fourth-order valence-corrected chi connectivity index (χ4v) is 3.18. The zero-order valence-electron chi connectivity index (χ0n) is 14.4. The lowest BCUT2D eigenvalue weighted by Gasteiger charge is -2.34. The quantitative estimate of drug-likeness (QED) is 0.773. The van der Waals surface area contributed by atoms with Gasteiger partial charge in [-0.25, -0.2) is 0 Å². The maximum atomic E-state index is 12.7. The maximum absolute atomic E-state index is 12.7. The van der Waals surface area contributed by atoms with Crippen molar-refractivity contribution in [3.05, 3.63) is 0 Å². The largest absolute Gasteiger partial charge is 0.323 e. The van der Waals surface area contributed by atoms with Gasteiger partial charge in [-0.2, -0.15) is 0 Å². The lowest BCUT2D eigenvalue weighted by molar-refractivity contribution is -0.133. The summed E-state index contributed by atoms with van der Waals surface area (Å²) in [7, 11) is 0. The van der Waals surface area contributed by atoms with Crippen LogP contribution in [0.2, 0.25) is 0 Å². The summed E-state index contributed by atoms with van der Waals surface area (Å²) in [6.07, 6.45) is 3.42. The van der Waals surface area contributed by atoms with Crippen LogP contribution in [-0.2, 0) is 4.79 Å². The molecule has 1 aliphatic heterocycles. The van der Waals surface area contributed by atoms with Crippen LogP contribution in [-0.4, -0.2) is 29.1 Å². The molecular weight excluding hydrogens is 248 g/mol. The summed E-state index contributed by atoms with van der Waals surface area (Å²) in [4.78, 5) is 14.9. The Morgan fingerprint density at radius 3 is 2.20 bits per heavy atom. The first-order chi connectivity index (χ1) is 9.27. The molecule has 4 atom stereocenters. The summed E-state index contributed by atoms with van der Waals surface area (Å²) < 4.78 is 0. The van der Waals surface area contributed by atoms with Crippen molar-refractivity contribution in [3.8, 4) is 0 Å². The van der Waals surface area contributed by atoms with E-state index in [-0.39, 0.29) is 12.2 Å². The average molecular weight is 282 g/mol. The van der Waals surface area contributed by atoms with Crippen LogP contribution in [0.4, 0.5) is 0 Å². The minimum atomic E-state index is 0.0155. The molecule has 1 aliphatic rings. The Balaban J connectivity index is 2.81. The van der Waals surface area contributed by atoms with Gasteiger partial charge in [0, 0.05) is 6.04 Å². The van der Waals surface area contributed by atoms with E-state index in [0.717, 1.165) is 12.8 Å². The monoisotopic (exact) mass is 282 g/mol. The molecule has 1 heterocycles. The fourth-order valence-electron chi connectivity index (χ4n) is 3.18. The Morgan fingerprint density at radius 2 is 1.75 bits per heavy atom. The minimum Gasteiger partial charge on any atom is -0.323 e. The van der Waals surface area contributed by atoms with Gasteiger partial charge < -0.3 is 4.90 Å². The standard InChI is InChI=1S/C17H34N2O/c1-8-13(6)10-14(7)19-16(12(4)5)18-15(17(19)20)9-11(2)3/h11-16,18H,8-10H2,1-7H3. The molecule has 0 aromatic carbocycles. The van der Waals surface area contributed by atoms with Crippen molar-refractivity contribution in [2.24, 2.45) is 17.8 Å². The molecule has 1 rings (SSSR count). The van der Waals surface area contributed by atoms with Gasteiger partial charge in [0.15, 0.2) is 0 Å². The zero-order valence-corrected chi connectivity index (χ0v) is 14.4. The molecule has 1 saturated heterocycles. The minimum absolute atomic E-state index is 0.0155. The highest BCUT2D eigenvalue weighted by Crippen LogP contribution is 2.26. The van der Waals surface area contributed by atoms with Gasteiger partial charge in [0.05, 0.1) is 12.2 Å². The third-order valence-electron chi connectivity index (χ3n) is 4.48. The second-order valence-electron chi connectivity index (χ2n) is 7.38. The van der Waals surface area contributed by atoms with Crippen molar-refractivity contribution in [2.45, 2.75) is 86.0 Å². The SMILES string of the molecule is CCC(C)CC(C)N1C(=O)C(CC(C)C)NC1C(C)C. The summed E-state index contributed by atoms with van der Waals surface area (Å²) >= 11 is 0. The molecule has 20 heavy (non-hydrogen) atoms. The topological polar surface area (TPSA) is 32.3 Å². The predicted octanol–water partition coefficient (Wildman–Crippen LogP) is 3.64. The van der Waals surface area contributed by atoms with Crippen molar-refractivity contribution in [2.75, 3.05) is 0 Å². The number of nitrogens with one attached hydrogen (secondary N) is 1. The molecule has 0 bridgehead atoms. The second kappa shape index (κ2) is 7.44. The normalized spacial score (nSPS) is 26.6. The van der Waals surface area contributed by atoms with E-state index in [2.05, 4.69) is 58.7 Å². The number of hydrogen-bond acceptors (Lipinski definition) is 2. The Hall–Kier alpha value is -0.570. The first-order valence-corrected chi connectivity index (χ1v) is 8.36. The molecule has 0 radical (unpaired) electrons. The van der Waals surface area contributed by atoms with Crippen LogP contribution in [0.5, 0.6) is 0 Å². The molecule has 0 aromatic heterocycles. The number of carbonyl (C=O) groups is 1. The average Bonchev–Trinajstić information content (AvgIpc) is 2.66. The molecule has 1 fully saturated rings. The van der Waals surface area contributed by atoms with Crippen molar-refractivity contribution in [1.29, 1.82) is 0 Å². The smallest absolute Gasteiger partial charge is 0.241 e. The lowest BCUT2D eigenvalue weighted by atomic mass is 9.98. The molecular formula is C17H34N2O. The van der Waals surface area contributed by atoms with Crippen LogP contribution in [0.15, 0.2) is 0 Å². The molecule has 3 nitrogen and oxygen atoms in total. The second-order valence-corrected chi connectivity index (χ2v) is 7.38. The molecule has 0 aliphatic carbocycles. The van der Waals surface area contributed by atoms with E-state index in [1.165, 1.54) is 6.42 Å². The van der Waals surface area contributed by atoms with Crippen molar-refractivity contribution in [3.63, 3.8) is 0 Å². The van der Waals surface area contributed by atoms with Crippen LogP contribution >= 0.6 is 0 Å². The molecule has 0 saturated carbocycles. The van der Waals surface area contributed by atoms with Gasteiger partial charge in [-0.15, -0.1) is 0 Å². The Kier molecular flexibility index (Phi) is 6.50. The van der Waals surface area contributed by atoms with Crippen molar-refractivity contribution in [1.82, 2.24) is 10.2 Å². The van der Waals surface area contributed by atoms with Gasteiger partial charge in [0.1, 0.15) is 0 Å². The van der Waals surface area contributed by atoms with Gasteiger partial charge in [-0.3, -0.25) is 10.1 Å². The van der Waals surface area contributed by atoms with E-state index in [9.17, 15) is 4.79 Å². The van der Waals surface area contributed by atoms with Gasteiger partial charge in [-0.1, -0.05) is 48.0 Å². The maximum Gasteiger partial charge on any atom is 0.241 e. The number of nitrogens with zero attached hydrogens (tertiary/aromatic N) is 1. The van der Waals surface area contributed by atoms with Gasteiger partial charge >= 0.3 is 0 Å². The van der Waals surface area contributed by atoms with E-state index in [1.807, 2.05) is 0 Å². The van der Waals surface area contributed by atoms with Gasteiger partial charge in [-0.05, 0) is 37.5 Å². The van der Waals surface area contributed by atoms with Crippen molar-refractivity contribution >= 4 is 5.91 Å². The van der Waals surface area contributed by atoms with Gasteiger partial charge in [0.2, 0.25) is 5.91 Å². The summed E-state index contributed by atoms with van der Waals surface area (Å²) in [6.45, 7) is 15.5. The summed E-state index contributed by atoms with van der Waals surface area (Å²) in [5, 5.41) is 3.57. The van der Waals surface area contributed by atoms with E-state index in [4.69, 9.17) is 0 Å². The summed E-state index contributed by atoms with van der Waals surface area (Å²) in [6, 6.07) is 0.344. The van der Waals surface area contributed by atoms with E-state index < -0.39 is 0 Å². The molecule has 0 spiro atoms. The number of hydrogen-bond donors (Lipinski definition) is 1. The summed E-state index contributed by atoms with van der Waals surface area (Å²) in [5.41, 5.74) is 0. The third-order valence-corrected chi connectivity index (χ3v) is 4.48. The Morgan fingerprint density at radius 1 is 1.15 bits per heavy atom. The van der Waals surface area contributed by atoms with E-state index in [0.29, 0.717) is 29.7 Å². The Bertz CT molecular complexity index is 314. The van der Waals surface area contributed by atoms with Crippen LogP contribution in [0, 0.1) is 17.8 Å². The fraction of sp³-hybridized carbons (Fsp3) is 0.941. The van der Waals surface area contributed by atoms with Crippen molar-refractivity contribution < 1.29 is 4.79 Å². The highest BCUT2D eigenvalue weighted by atomic mass is 16.2. The third kappa shape index (κ3) is 4.21. The van der Waals surface area contributed by atoms with Crippen LogP contribution < -0.4 is 5.32 Å². The number of amides is 1. The van der Waals surface area contributed by atoms with Crippen LogP contribution in [0.1, 0.15) is 67.7 Å². The highest BCUT2D eigenvalue weighted by molar-refractivity contribution is 5.84. The molecule has 1 N–H and O–H groups in total. The molecule has 1 amide bonds. The number of rotatable bonds is 7. The van der Waals surface area contributed by atoms with Gasteiger partial charge in [0.25, 0.3) is 0 Å². The van der Waals surface area contributed by atoms with E-state index in [1.54, 1.807) is 0 Å².